The van der Waals surface area contributed by atoms with Crippen molar-refractivity contribution in [2.75, 3.05) is 17.7 Å². The third-order valence-electron chi connectivity index (χ3n) is 4.73. The highest BCUT2D eigenvalue weighted by Gasteiger charge is 2.30. The molecule has 1 aromatic heterocycles. The first-order valence-corrected chi connectivity index (χ1v) is 8.92. The van der Waals surface area contributed by atoms with Gasteiger partial charge in [-0.1, -0.05) is 42.0 Å². The van der Waals surface area contributed by atoms with Gasteiger partial charge >= 0.3 is 0 Å². The molecule has 0 saturated carbocycles. The van der Waals surface area contributed by atoms with E-state index in [0.717, 1.165) is 12.2 Å². The Bertz CT molecular complexity index is 903. The van der Waals surface area contributed by atoms with Crippen LogP contribution in [0.25, 0.3) is 0 Å². The number of rotatable bonds is 4. The molecule has 6 heteroatoms. The van der Waals surface area contributed by atoms with E-state index in [0.29, 0.717) is 12.6 Å². The molecule has 2 atom stereocenters. The SMILES string of the molecule is CCOc1ccc([C@H]2C[C@H](c3cccc(C)c3)n3nc(N)nc3N2)cc1. The number of hydrogen-bond donors (Lipinski definition) is 2. The number of benzene rings is 2. The summed E-state index contributed by atoms with van der Waals surface area (Å²) < 4.78 is 7.45. The van der Waals surface area contributed by atoms with E-state index in [4.69, 9.17) is 10.5 Å². The van der Waals surface area contributed by atoms with Crippen molar-refractivity contribution in [3.05, 3.63) is 65.2 Å². The first-order chi connectivity index (χ1) is 12.6. The second-order valence-electron chi connectivity index (χ2n) is 6.60. The molecule has 1 aliphatic rings. The summed E-state index contributed by atoms with van der Waals surface area (Å²) in [5.74, 6) is 1.88. The van der Waals surface area contributed by atoms with Gasteiger partial charge in [-0.3, -0.25) is 0 Å². The highest BCUT2D eigenvalue weighted by molar-refractivity contribution is 5.43. The number of hydrogen-bond acceptors (Lipinski definition) is 5. The minimum absolute atomic E-state index is 0.0903. The van der Waals surface area contributed by atoms with Gasteiger partial charge in [-0.2, -0.15) is 4.98 Å². The zero-order valence-corrected chi connectivity index (χ0v) is 15.0. The molecule has 3 aromatic rings. The lowest BCUT2D eigenvalue weighted by Crippen LogP contribution is -2.28. The van der Waals surface area contributed by atoms with Gasteiger partial charge in [0.1, 0.15) is 5.75 Å². The Labute approximate surface area is 153 Å². The number of nitrogens with zero attached hydrogens (tertiary/aromatic N) is 3. The predicted octanol–water partition coefficient (Wildman–Crippen LogP) is 3.71. The standard InChI is InChI=1S/C20H23N5O/c1-3-26-16-9-7-14(8-10-16)17-12-18(15-6-4-5-13(2)11-15)25-20(22-17)23-19(21)24-25/h4-11,17-18H,3,12H2,1-2H3,(H3,21,22,23,24)/t17-,18-/m1/s1. The van der Waals surface area contributed by atoms with Gasteiger partial charge in [0, 0.05) is 0 Å². The number of nitrogens with two attached hydrogens (primary N) is 1. The zero-order valence-electron chi connectivity index (χ0n) is 15.0. The minimum Gasteiger partial charge on any atom is -0.494 e. The Morgan fingerprint density at radius 1 is 1.19 bits per heavy atom. The molecule has 0 unspecified atom stereocenters. The second kappa shape index (κ2) is 6.71. The van der Waals surface area contributed by atoms with Gasteiger partial charge in [0.15, 0.2) is 0 Å². The molecule has 0 fully saturated rings. The molecule has 4 rings (SSSR count). The van der Waals surface area contributed by atoms with Gasteiger partial charge in [0.25, 0.3) is 0 Å². The van der Waals surface area contributed by atoms with Crippen molar-refractivity contribution in [2.45, 2.75) is 32.4 Å². The van der Waals surface area contributed by atoms with Crippen LogP contribution in [-0.4, -0.2) is 21.4 Å². The number of ether oxygens (including phenoxy) is 1. The van der Waals surface area contributed by atoms with E-state index < -0.39 is 0 Å². The van der Waals surface area contributed by atoms with Gasteiger partial charge in [-0.25, -0.2) is 4.68 Å². The average molecular weight is 349 g/mol. The summed E-state index contributed by atoms with van der Waals surface area (Å²) in [5.41, 5.74) is 9.51. The number of nitrogen functional groups attached to an aromatic ring is 1. The fraction of sp³-hybridized carbons (Fsp3) is 0.300. The normalized spacial score (nSPS) is 18.8. The largest absolute Gasteiger partial charge is 0.494 e. The molecule has 0 radical (unpaired) electrons. The topological polar surface area (TPSA) is 78.0 Å². The summed E-state index contributed by atoms with van der Waals surface area (Å²) in [6.45, 7) is 4.75. The molecule has 26 heavy (non-hydrogen) atoms. The Balaban J connectivity index is 1.69. The first kappa shape index (κ1) is 16.4. The monoisotopic (exact) mass is 349 g/mol. The maximum absolute atomic E-state index is 5.87. The summed E-state index contributed by atoms with van der Waals surface area (Å²) in [5, 5.41) is 7.87. The van der Waals surface area contributed by atoms with Gasteiger partial charge in [-0.15, -0.1) is 5.10 Å². The van der Waals surface area contributed by atoms with E-state index in [2.05, 4.69) is 58.7 Å². The van der Waals surface area contributed by atoms with E-state index in [-0.39, 0.29) is 18.0 Å². The van der Waals surface area contributed by atoms with Crippen LogP contribution in [-0.2, 0) is 0 Å². The molecular formula is C20H23N5O. The summed E-state index contributed by atoms with van der Waals surface area (Å²) in [7, 11) is 0. The smallest absolute Gasteiger partial charge is 0.241 e. The van der Waals surface area contributed by atoms with Crippen LogP contribution in [0.4, 0.5) is 11.9 Å². The number of anilines is 2. The van der Waals surface area contributed by atoms with Crippen molar-refractivity contribution in [2.24, 2.45) is 0 Å². The molecule has 134 valence electrons. The molecule has 2 aromatic carbocycles. The van der Waals surface area contributed by atoms with Crippen molar-refractivity contribution < 1.29 is 4.74 Å². The van der Waals surface area contributed by atoms with Crippen LogP contribution >= 0.6 is 0 Å². The van der Waals surface area contributed by atoms with E-state index >= 15 is 0 Å². The third kappa shape index (κ3) is 3.10. The summed E-state index contributed by atoms with van der Waals surface area (Å²) in [6, 6.07) is 17.0. The molecule has 0 saturated heterocycles. The lowest BCUT2D eigenvalue weighted by Gasteiger charge is -2.32. The molecule has 0 bridgehead atoms. The third-order valence-corrected chi connectivity index (χ3v) is 4.73. The highest BCUT2D eigenvalue weighted by atomic mass is 16.5. The molecule has 2 heterocycles. The Morgan fingerprint density at radius 3 is 2.73 bits per heavy atom. The van der Waals surface area contributed by atoms with Crippen molar-refractivity contribution in [1.29, 1.82) is 0 Å². The zero-order chi connectivity index (χ0) is 18.1. The lowest BCUT2D eigenvalue weighted by molar-refractivity contribution is 0.340. The van der Waals surface area contributed by atoms with E-state index in [9.17, 15) is 0 Å². The fourth-order valence-electron chi connectivity index (χ4n) is 3.53. The van der Waals surface area contributed by atoms with E-state index in [1.807, 2.05) is 23.7 Å². The van der Waals surface area contributed by atoms with Gasteiger partial charge in [0.2, 0.25) is 11.9 Å². The predicted molar refractivity (Wildman–Crippen MR) is 102 cm³/mol. The van der Waals surface area contributed by atoms with Crippen LogP contribution < -0.4 is 15.8 Å². The molecule has 0 amide bonds. The minimum atomic E-state index is 0.0903. The Morgan fingerprint density at radius 2 is 2.00 bits per heavy atom. The van der Waals surface area contributed by atoms with Gasteiger partial charge < -0.3 is 15.8 Å². The Hall–Kier alpha value is -3.02. The molecule has 6 nitrogen and oxygen atoms in total. The fourth-order valence-corrected chi connectivity index (χ4v) is 3.53. The van der Waals surface area contributed by atoms with Gasteiger partial charge in [-0.05, 0) is 43.5 Å². The van der Waals surface area contributed by atoms with Crippen LogP contribution in [0.2, 0.25) is 0 Å². The summed E-state index contributed by atoms with van der Waals surface area (Å²) >= 11 is 0. The van der Waals surface area contributed by atoms with Crippen molar-refractivity contribution in [3.63, 3.8) is 0 Å². The van der Waals surface area contributed by atoms with Crippen LogP contribution in [0.5, 0.6) is 5.75 Å². The summed E-state index contributed by atoms with van der Waals surface area (Å²) in [4.78, 5) is 4.37. The average Bonchev–Trinajstić information content (AvgIpc) is 3.02. The van der Waals surface area contributed by atoms with Crippen molar-refractivity contribution in [3.8, 4) is 5.75 Å². The quantitative estimate of drug-likeness (QED) is 0.751. The van der Waals surface area contributed by atoms with Crippen LogP contribution in [0.1, 0.15) is 42.1 Å². The van der Waals surface area contributed by atoms with Crippen molar-refractivity contribution in [1.82, 2.24) is 14.8 Å². The van der Waals surface area contributed by atoms with Crippen LogP contribution in [0.3, 0.4) is 0 Å². The number of nitrogens with one attached hydrogen (secondary N) is 1. The lowest BCUT2D eigenvalue weighted by atomic mass is 9.92. The first-order valence-electron chi connectivity index (χ1n) is 8.92. The Kier molecular flexibility index (Phi) is 4.24. The molecular weight excluding hydrogens is 326 g/mol. The molecule has 0 aliphatic carbocycles. The maximum atomic E-state index is 5.87. The van der Waals surface area contributed by atoms with Gasteiger partial charge in [0.05, 0.1) is 18.7 Å². The van der Waals surface area contributed by atoms with E-state index in [1.54, 1.807) is 0 Å². The molecule has 0 spiro atoms. The van der Waals surface area contributed by atoms with Crippen LogP contribution in [0, 0.1) is 6.92 Å². The summed E-state index contributed by atoms with van der Waals surface area (Å²) in [6.07, 6.45) is 0.868. The number of fused-ring (bicyclic) bond motifs is 1. The number of aryl methyl sites for hydroxylation is 1. The van der Waals surface area contributed by atoms with Crippen LogP contribution in [0.15, 0.2) is 48.5 Å². The second-order valence-corrected chi connectivity index (χ2v) is 6.60. The maximum Gasteiger partial charge on any atom is 0.241 e. The molecule has 1 aliphatic heterocycles. The van der Waals surface area contributed by atoms with E-state index in [1.165, 1.54) is 16.7 Å². The number of aromatic nitrogens is 3. The van der Waals surface area contributed by atoms with Crippen molar-refractivity contribution >= 4 is 11.9 Å². The molecule has 3 N–H and O–H groups in total. The highest BCUT2D eigenvalue weighted by Crippen LogP contribution is 2.38.